The second kappa shape index (κ2) is 7.07. The molecular weight excluding hydrogens is 258 g/mol. The van der Waals surface area contributed by atoms with E-state index >= 15 is 0 Å². The van der Waals surface area contributed by atoms with E-state index in [1.807, 2.05) is 6.92 Å². The average molecular weight is 279 g/mol. The van der Waals surface area contributed by atoms with Crippen LogP contribution in [0.1, 0.15) is 32.6 Å². The maximum absolute atomic E-state index is 10.9. The molecule has 0 spiro atoms. The van der Waals surface area contributed by atoms with Gasteiger partial charge in [-0.05, 0) is 38.5 Å². The second-order valence-corrected chi connectivity index (χ2v) is 5.11. The van der Waals surface area contributed by atoms with Crippen LogP contribution in [0.3, 0.4) is 0 Å². The molecule has 6 nitrogen and oxygen atoms in total. The Bertz CT molecular complexity index is 445. The van der Waals surface area contributed by atoms with Crippen molar-refractivity contribution in [2.45, 2.75) is 32.6 Å². The van der Waals surface area contributed by atoms with Gasteiger partial charge in [0.05, 0.1) is 12.5 Å². The molecule has 0 saturated heterocycles. The van der Waals surface area contributed by atoms with E-state index in [1.165, 1.54) is 6.33 Å². The van der Waals surface area contributed by atoms with Crippen molar-refractivity contribution in [1.82, 2.24) is 9.97 Å². The highest BCUT2D eigenvalue weighted by molar-refractivity contribution is 5.70. The van der Waals surface area contributed by atoms with Crippen molar-refractivity contribution < 1.29 is 14.6 Å². The number of anilines is 1. The fraction of sp³-hybridized carbons (Fsp3) is 0.643. The Labute approximate surface area is 118 Å². The van der Waals surface area contributed by atoms with Gasteiger partial charge in [-0.1, -0.05) is 0 Å². The van der Waals surface area contributed by atoms with Crippen LogP contribution in [-0.4, -0.2) is 34.2 Å². The maximum atomic E-state index is 10.9. The third-order valence-electron chi connectivity index (χ3n) is 3.70. The van der Waals surface area contributed by atoms with Gasteiger partial charge in [0.15, 0.2) is 0 Å². The number of aliphatic carboxylic acids is 1. The molecule has 0 bridgehead atoms. The Morgan fingerprint density at radius 2 is 2.15 bits per heavy atom. The van der Waals surface area contributed by atoms with Gasteiger partial charge in [0.1, 0.15) is 12.1 Å². The summed E-state index contributed by atoms with van der Waals surface area (Å²) in [5.41, 5.74) is 0. The third-order valence-corrected chi connectivity index (χ3v) is 3.70. The van der Waals surface area contributed by atoms with Crippen molar-refractivity contribution in [3.8, 4) is 5.88 Å². The molecule has 20 heavy (non-hydrogen) atoms. The molecule has 0 aliphatic heterocycles. The van der Waals surface area contributed by atoms with Crippen LogP contribution < -0.4 is 10.1 Å². The van der Waals surface area contributed by atoms with E-state index in [0.717, 1.165) is 38.0 Å². The number of ether oxygens (including phenoxy) is 1. The number of nitrogens with zero attached hydrogens (tertiary/aromatic N) is 2. The molecular formula is C14H21N3O3. The summed E-state index contributed by atoms with van der Waals surface area (Å²) in [5, 5.41) is 12.2. The largest absolute Gasteiger partial charge is 0.481 e. The molecule has 0 radical (unpaired) electrons. The number of aromatic nitrogens is 2. The quantitative estimate of drug-likeness (QED) is 0.830. The summed E-state index contributed by atoms with van der Waals surface area (Å²) in [5.74, 6) is 1.02. The number of hydrogen-bond acceptors (Lipinski definition) is 5. The highest BCUT2D eigenvalue weighted by Gasteiger charge is 2.25. The van der Waals surface area contributed by atoms with E-state index in [9.17, 15) is 4.79 Å². The highest BCUT2D eigenvalue weighted by Crippen LogP contribution is 2.29. The van der Waals surface area contributed by atoms with Gasteiger partial charge in [-0.3, -0.25) is 4.79 Å². The summed E-state index contributed by atoms with van der Waals surface area (Å²) in [4.78, 5) is 19.1. The standard InChI is InChI=1S/C14H21N3O3/c1-2-20-13-7-12(16-9-17-13)15-8-10-3-5-11(6-4-10)14(18)19/h7,9-11H,2-6,8H2,1H3,(H,18,19)(H,15,16,17). The zero-order valence-corrected chi connectivity index (χ0v) is 11.7. The molecule has 0 amide bonds. The highest BCUT2D eigenvalue weighted by atomic mass is 16.5. The fourth-order valence-electron chi connectivity index (χ4n) is 2.53. The van der Waals surface area contributed by atoms with Gasteiger partial charge in [0.2, 0.25) is 5.88 Å². The molecule has 6 heteroatoms. The summed E-state index contributed by atoms with van der Waals surface area (Å²) >= 11 is 0. The Kier molecular flexibility index (Phi) is 5.15. The minimum absolute atomic E-state index is 0.158. The zero-order chi connectivity index (χ0) is 14.4. The van der Waals surface area contributed by atoms with Crippen molar-refractivity contribution in [3.05, 3.63) is 12.4 Å². The van der Waals surface area contributed by atoms with Crippen LogP contribution >= 0.6 is 0 Å². The van der Waals surface area contributed by atoms with E-state index in [2.05, 4.69) is 15.3 Å². The zero-order valence-electron chi connectivity index (χ0n) is 11.7. The van der Waals surface area contributed by atoms with Crippen LogP contribution in [-0.2, 0) is 4.79 Å². The van der Waals surface area contributed by atoms with Crippen molar-refractivity contribution in [2.24, 2.45) is 11.8 Å². The molecule has 1 aromatic heterocycles. The van der Waals surface area contributed by atoms with E-state index < -0.39 is 5.97 Å². The van der Waals surface area contributed by atoms with Gasteiger partial charge >= 0.3 is 5.97 Å². The first-order valence-electron chi connectivity index (χ1n) is 7.10. The monoisotopic (exact) mass is 279 g/mol. The van der Waals surface area contributed by atoms with Crippen LogP contribution in [0.4, 0.5) is 5.82 Å². The lowest BCUT2D eigenvalue weighted by atomic mass is 9.82. The molecule has 0 unspecified atom stereocenters. The predicted octanol–water partition coefficient (Wildman–Crippen LogP) is 2.18. The Morgan fingerprint density at radius 1 is 1.40 bits per heavy atom. The number of carbonyl (C=O) groups is 1. The van der Waals surface area contributed by atoms with E-state index in [1.54, 1.807) is 6.07 Å². The van der Waals surface area contributed by atoms with E-state index in [0.29, 0.717) is 18.4 Å². The SMILES string of the molecule is CCOc1cc(NCC2CCC(C(=O)O)CC2)ncn1. The Morgan fingerprint density at radius 3 is 2.80 bits per heavy atom. The fourth-order valence-corrected chi connectivity index (χ4v) is 2.53. The van der Waals surface area contributed by atoms with E-state index in [4.69, 9.17) is 9.84 Å². The average Bonchev–Trinajstić information content (AvgIpc) is 2.46. The molecule has 1 fully saturated rings. The summed E-state index contributed by atoms with van der Waals surface area (Å²) in [6, 6.07) is 1.78. The lowest BCUT2D eigenvalue weighted by Crippen LogP contribution is -2.25. The number of nitrogens with one attached hydrogen (secondary N) is 1. The van der Waals surface area contributed by atoms with Crippen LogP contribution in [0, 0.1) is 11.8 Å². The first-order chi connectivity index (χ1) is 9.69. The maximum Gasteiger partial charge on any atom is 0.306 e. The van der Waals surface area contributed by atoms with Gasteiger partial charge in [0, 0.05) is 12.6 Å². The van der Waals surface area contributed by atoms with Crippen LogP contribution in [0.15, 0.2) is 12.4 Å². The van der Waals surface area contributed by atoms with Crippen molar-refractivity contribution in [3.63, 3.8) is 0 Å². The van der Waals surface area contributed by atoms with Crippen LogP contribution in [0.25, 0.3) is 0 Å². The summed E-state index contributed by atoms with van der Waals surface area (Å²) in [7, 11) is 0. The summed E-state index contributed by atoms with van der Waals surface area (Å²) in [6.07, 6.45) is 4.93. The normalized spacial score (nSPS) is 22.2. The van der Waals surface area contributed by atoms with Crippen LogP contribution in [0.2, 0.25) is 0 Å². The minimum Gasteiger partial charge on any atom is -0.481 e. The number of hydrogen-bond donors (Lipinski definition) is 2. The second-order valence-electron chi connectivity index (χ2n) is 5.11. The summed E-state index contributed by atoms with van der Waals surface area (Å²) in [6.45, 7) is 3.31. The van der Waals surface area contributed by atoms with Gasteiger partial charge in [0.25, 0.3) is 0 Å². The third kappa shape index (κ3) is 4.08. The number of carboxylic acid groups (broad SMARTS) is 1. The number of rotatable bonds is 6. The first kappa shape index (κ1) is 14.6. The first-order valence-corrected chi connectivity index (χ1v) is 7.10. The lowest BCUT2D eigenvalue weighted by Gasteiger charge is -2.26. The molecule has 1 aromatic rings. The topological polar surface area (TPSA) is 84.3 Å². The smallest absolute Gasteiger partial charge is 0.306 e. The molecule has 0 atom stereocenters. The molecule has 1 heterocycles. The van der Waals surface area contributed by atoms with Gasteiger partial charge in [-0.2, -0.15) is 0 Å². The lowest BCUT2D eigenvalue weighted by molar-refractivity contribution is -0.143. The van der Waals surface area contributed by atoms with Gasteiger partial charge in [-0.25, -0.2) is 9.97 Å². The Balaban J connectivity index is 1.78. The van der Waals surface area contributed by atoms with Crippen molar-refractivity contribution >= 4 is 11.8 Å². The molecule has 1 aliphatic carbocycles. The predicted molar refractivity (Wildman–Crippen MR) is 74.8 cm³/mol. The molecule has 2 N–H and O–H groups in total. The minimum atomic E-state index is -0.659. The van der Waals surface area contributed by atoms with Crippen LogP contribution in [0.5, 0.6) is 5.88 Å². The van der Waals surface area contributed by atoms with Gasteiger partial charge < -0.3 is 15.2 Å². The molecule has 0 aromatic carbocycles. The molecule has 2 rings (SSSR count). The summed E-state index contributed by atoms with van der Waals surface area (Å²) < 4.78 is 5.32. The number of carboxylic acids is 1. The van der Waals surface area contributed by atoms with Crippen molar-refractivity contribution in [2.75, 3.05) is 18.5 Å². The van der Waals surface area contributed by atoms with Crippen molar-refractivity contribution in [1.29, 1.82) is 0 Å². The molecule has 110 valence electrons. The Hall–Kier alpha value is -1.85. The van der Waals surface area contributed by atoms with Gasteiger partial charge in [-0.15, -0.1) is 0 Å². The molecule has 1 saturated carbocycles. The molecule has 1 aliphatic rings. The van der Waals surface area contributed by atoms with E-state index in [-0.39, 0.29) is 5.92 Å².